The summed E-state index contributed by atoms with van der Waals surface area (Å²) in [6.45, 7) is 3.81. The Morgan fingerprint density at radius 3 is 2.46 bits per heavy atom. The second-order valence-corrected chi connectivity index (χ2v) is 6.71. The van der Waals surface area contributed by atoms with Crippen LogP contribution in [0.5, 0.6) is 0 Å². The number of halogens is 3. The summed E-state index contributed by atoms with van der Waals surface area (Å²) in [6.07, 6.45) is -3.39. The highest BCUT2D eigenvalue weighted by atomic mass is 19.4. The Morgan fingerprint density at radius 2 is 1.92 bits per heavy atom. The first kappa shape index (κ1) is 16.7. The van der Waals surface area contributed by atoms with E-state index in [1.807, 2.05) is 13.8 Å². The SMILES string of the molecule is CC1(C)CCc2c(C=O)c(-c3ccc(C(F)(F)F)cc3)nn2C1O. The Bertz CT molecular complexity index is 776. The number of rotatable bonds is 2. The number of fused-ring (bicyclic) bond motifs is 1. The molecule has 1 aromatic carbocycles. The molecule has 1 aliphatic heterocycles. The standard InChI is InChI=1S/C17H17F3N2O2/c1-16(2)8-7-13-12(9-23)14(21-22(13)15(16)24)10-3-5-11(6-4-10)17(18,19)20/h3-6,9,15,24H,7-8H2,1-2H3. The van der Waals surface area contributed by atoms with Gasteiger partial charge in [-0.2, -0.15) is 18.3 Å². The van der Waals surface area contributed by atoms with Gasteiger partial charge >= 0.3 is 6.18 Å². The molecule has 128 valence electrons. The maximum atomic E-state index is 12.7. The van der Waals surface area contributed by atoms with Gasteiger partial charge in [-0.15, -0.1) is 0 Å². The van der Waals surface area contributed by atoms with Crippen molar-refractivity contribution in [3.8, 4) is 11.3 Å². The lowest BCUT2D eigenvalue weighted by molar-refractivity contribution is -0.137. The first-order chi connectivity index (χ1) is 11.1. The number of aliphatic hydroxyl groups excluding tert-OH is 1. The maximum Gasteiger partial charge on any atom is 0.416 e. The molecular weight excluding hydrogens is 321 g/mol. The van der Waals surface area contributed by atoms with Gasteiger partial charge in [0.05, 0.1) is 16.8 Å². The molecule has 0 saturated carbocycles. The van der Waals surface area contributed by atoms with Gasteiger partial charge in [0.1, 0.15) is 5.69 Å². The quantitative estimate of drug-likeness (QED) is 0.847. The molecule has 4 nitrogen and oxygen atoms in total. The predicted molar refractivity (Wildman–Crippen MR) is 81.4 cm³/mol. The minimum Gasteiger partial charge on any atom is -0.371 e. The van der Waals surface area contributed by atoms with E-state index in [0.29, 0.717) is 41.6 Å². The molecule has 0 amide bonds. The van der Waals surface area contributed by atoms with Gasteiger partial charge < -0.3 is 5.11 Å². The Kier molecular flexibility index (Phi) is 3.79. The van der Waals surface area contributed by atoms with Crippen LogP contribution in [0.4, 0.5) is 13.2 Å². The van der Waals surface area contributed by atoms with Gasteiger partial charge in [-0.3, -0.25) is 4.79 Å². The van der Waals surface area contributed by atoms with E-state index in [4.69, 9.17) is 0 Å². The number of aromatic nitrogens is 2. The maximum absolute atomic E-state index is 12.7. The summed E-state index contributed by atoms with van der Waals surface area (Å²) in [5.41, 5.74) is 0.499. The van der Waals surface area contributed by atoms with Crippen LogP contribution in [0.1, 0.15) is 48.1 Å². The predicted octanol–water partition coefficient (Wildman–Crippen LogP) is 3.84. The van der Waals surface area contributed by atoms with E-state index in [1.54, 1.807) is 0 Å². The summed E-state index contributed by atoms with van der Waals surface area (Å²) >= 11 is 0. The third kappa shape index (κ3) is 2.62. The lowest BCUT2D eigenvalue weighted by Crippen LogP contribution is -2.34. The van der Waals surface area contributed by atoms with Crippen molar-refractivity contribution in [1.29, 1.82) is 0 Å². The zero-order valence-corrected chi connectivity index (χ0v) is 13.3. The van der Waals surface area contributed by atoms with Crippen LogP contribution in [-0.2, 0) is 12.6 Å². The Balaban J connectivity index is 2.08. The van der Waals surface area contributed by atoms with Gasteiger partial charge in [-0.1, -0.05) is 26.0 Å². The molecular formula is C17H17F3N2O2. The van der Waals surface area contributed by atoms with Crippen LogP contribution in [0, 0.1) is 5.41 Å². The van der Waals surface area contributed by atoms with E-state index in [9.17, 15) is 23.1 Å². The number of alkyl halides is 3. The third-order valence-corrected chi connectivity index (χ3v) is 4.59. The largest absolute Gasteiger partial charge is 0.416 e. The molecule has 1 N–H and O–H groups in total. The summed E-state index contributed by atoms with van der Waals surface area (Å²) < 4.78 is 39.5. The molecule has 0 aliphatic carbocycles. The Hall–Kier alpha value is -2.15. The smallest absolute Gasteiger partial charge is 0.371 e. The number of aldehydes is 1. The molecule has 2 heterocycles. The van der Waals surface area contributed by atoms with Crippen LogP contribution in [0.2, 0.25) is 0 Å². The van der Waals surface area contributed by atoms with Gasteiger partial charge in [0.15, 0.2) is 12.5 Å². The van der Waals surface area contributed by atoms with E-state index >= 15 is 0 Å². The number of benzene rings is 1. The summed E-state index contributed by atoms with van der Waals surface area (Å²) in [7, 11) is 0. The van der Waals surface area contributed by atoms with Gasteiger partial charge in [0.25, 0.3) is 0 Å². The number of nitrogens with zero attached hydrogens (tertiary/aromatic N) is 2. The zero-order chi connectivity index (χ0) is 17.7. The van der Waals surface area contributed by atoms with Crippen LogP contribution in [0.15, 0.2) is 24.3 Å². The molecule has 0 saturated heterocycles. The summed E-state index contributed by atoms with van der Waals surface area (Å²) in [5.74, 6) is 0. The molecule has 3 rings (SSSR count). The van der Waals surface area contributed by atoms with E-state index in [2.05, 4.69) is 5.10 Å². The van der Waals surface area contributed by atoms with Crippen molar-refractivity contribution in [3.05, 3.63) is 41.1 Å². The van der Waals surface area contributed by atoms with Crippen molar-refractivity contribution in [1.82, 2.24) is 9.78 Å². The highest BCUT2D eigenvalue weighted by molar-refractivity contribution is 5.87. The highest BCUT2D eigenvalue weighted by Gasteiger charge is 2.38. The topological polar surface area (TPSA) is 55.1 Å². The normalized spacial score (nSPS) is 19.8. The molecule has 0 spiro atoms. The Morgan fingerprint density at radius 1 is 1.29 bits per heavy atom. The lowest BCUT2D eigenvalue weighted by atomic mass is 9.82. The van der Waals surface area contributed by atoms with Crippen molar-refractivity contribution in [2.45, 2.75) is 39.1 Å². The second kappa shape index (κ2) is 5.44. The molecule has 7 heteroatoms. The molecule has 2 aromatic rings. The second-order valence-electron chi connectivity index (χ2n) is 6.71. The Labute approximate surface area is 136 Å². The number of carbonyl (C=O) groups is 1. The number of hydrogen-bond donors (Lipinski definition) is 1. The van der Waals surface area contributed by atoms with E-state index in [1.165, 1.54) is 16.8 Å². The van der Waals surface area contributed by atoms with Crippen LogP contribution < -0.4 is 0 Å². The van der Waals surface area contributed by atoms with Crippen molar-refractivity contribution in [3.63, 3.8) is 0 Å². The van der Waals surface area contributed by atoms with Crippen LogP contribution in [0.3, 0.4) is 0 Å². The van der Waals surface area contributed by atoms with Crippen molar-refractivity contribution in [2.75, 3.05) is 0 Å². The van der Waals surface area contributed by atoms with E-state index < -0.39 is 23.4 Å². The van der Waals surface area contributed by atoms with Gasteiger partial charge in [-0.25, -0.2) is 4.68 Å². The van der Waals surface area contributed by atoms with Crippen molar-refractivity contribution < 1.29 is 23.1 Å². The van der Waals surface area contributed by atoms with Crippen molar-refractivity contribution in [2.24, 2.45) is 5.41 Å². The summed E-state index contributed by atoms with van der Waals surface area (Å²) in [5, 5.41) is 14.8. The number of hydrogen-bond acceptors (Lipinski definition) is 3. The average molecular weight is 338 g/mol. The summed E-state index contributed by atoms with van der Waals surface area (Å²) in [4.78, 5) is 11.5. The van der Waals surface area contributed by atoms with Crippen LogP contribution in [0.25, 0.3) is 11.3 Å². The fraction of sp³-hybridized carbons (Fsp3) is 0.412. The van der Waals surface area contributed by atoms with Gasteiger partial charge in [0.2, 0.25) is 0 Å². The van der Waals surface area contributed by atoms with Crippen molar-refractivity contribution >= 4 is 6.29 Å². The fourth-order valence-corrected chi connectivity index (χ4v) is 2.99. The first-order valence-electron chi connectivity index (χ1n) is 7.57. The van der Waals surface area contributed by atoms with Gasteiger partial charge in [-0.05, 0) is 25.0 Å². The first-order valence-corrected chi connectivity index (χ1v) is 7.57. The van der Waals surface area contributed by atoms with E-state index in [-0.39, 0.29) is 0 Å². The number of carbonyl (C=O) groups excluding carboxylic acids is 1. The fourth-order valence-electron chi connectivity index (χ4n) is 2.99. The van der Waals surface area contributed by atoms with Crippen LogP contribution in [-0.4, -0.2) is 21.2 Å². The molecule has 0 bridgehead atoms. The molecule has 1 aliphatic rings. The minimum absolute atomic E-state index is 0.297. The van der Waals surface area contributed by atoms with Gasteiger partial charge in [0, 0.05) is 11.0 Å². The zero-order valence-electron chi connectivity index (χ0n) is 13.3. The molecule has 0 radical (unpaired) electrons. The van der Waals surface area contributed by atoms with Crippen LogP contribution >= 0.6 is 0 Å². The minimum atomic E-state index is -4.42. The molecule has 0 fully saturated rings. The summed E-state index contributed by atoms with van der Waals surface area (Å²) in [6, 6.07) is 4.51. The average Bonchev–Trinajstić information content (AvgIpc) is 2.89. The monoisotopic (exact) mass is 338 g/mol. The molecule has 24 heavy (non-hydrogen) atoms. The molecule has 1 atom stereocenters. The lowest BCUT2D eigenvalue weighted by Gasteiger charge is -2.35. The number of aliphatic hydroxyl groups is 1. The highest BCUT2D eigenvalue weighted by Crippen LogP contribution is 2.41. The van der Waals surface area contributed by atoms with E-state index in [0.717, 1.165) is 12.1 Å². The third-order valence-electron chi connectivity index (χ3n) is 4.59. The molecule has 1 unspecified atom stereocenters. The molecule has 1 aromatic heterocycles.